The van der Waals surface area contributed by atoms with Crippen LogP contribution in [0.15, 0.2) is 23.2 Å². The number of carbonyl (C=O) groups excluding carboxylic acids is 2. The molecule has 2 aliphatic heterocycles. The first-order valence-corrected chi connectivity index (χ1v) is 8.28. The zero-order valence-electron chi connectivity index (χ0n) is 12.9. The minimum Gasteiger partial charge on any atom is -0.493 e. The van der Waals surface area contributed by atoms with E-state index in [0.29, 0.717) is 24.6 Å². The van der Waals surface area contributed by atoms with Gasteiger partial charge in [-0.2, -0.15) is 0 Å². The minimum atomic E-state index is -0.307. The lowest BCUT2D eigenvalue weighted by atomic mass is 9.89. The Balaban J connectivity index is 2.09. The third kappa shape index (κ3) is 2.76. The Hall–Kier alpha value is -1.82. The highest BCUT2D eigenvalue weighted by molar-refractivity contribution is 9.10. The Bertz CT molecular complexity index is 673. The Labute approximate surface area is 143 Å². The highest BCUT2D eigenvalue weighted by Gasteiger charge is 2.42. The van der Waals surface area contributed by atoms with Crippen molar-refractivity contribution in [2.24, 2.45) is 0 Å². The van der Waals surface area contributed by atoms with E-state index < -0.39 is 0 Å². The van der Waals surface area contributed by atoms with Gasteiger partial charge in [-0.1, -0.05) is 22.5 Å². The summed E-state index contributed by atoms with van der Waals surface area (Å²) in [5, 5.41) is 0. The van der Waals surface area contributed by atoms with Crippen molar-refractivity contribution >= 4 is 28.1 Å². The second-order valence-electron chi connectivity index (χ2n) is 5.77. The van der Waals surface area contributed by atoms with Crippen LogP contribution in [-0.4, -0.2) is 43.4 Å². The molecular formula is C17H18BrNO4. The molecule has 0 aromatic heterocycles. The smallest absolute Gasteiger partial charge is 0.209 e. The first-order chi connectivity index (χ1) is 11.1. The number of rotatable bonds is 5. The SMILES string of the molecule is C=CC(=O)CC1Oc2c(OC)cc(Br)c3c2C1CN(C=O)CC3. The van der Waals surface area contributed by atoms with Gasteiger partial charge >= 0.3 is 0 Å². The van der Waals surface area contributed by atoms with E-state index in [1.807, 2.05) is 6.07 Å². The van der Waals surface area contributed by atoms with Crippen molar-refractivity contribution in [2.45, 2.75) is 24.9 Å². The summed E-state index contributed by atoms with van der Waals surface area (Å²) in [5.74, 6) is 1.24. The molecule has 0 saturated carbocycles. The van der Waals surface area contributed by atoms with Crippen LogP contribution in [0.4, 0.5) is 0 Å². The first-order valence-electron chi connectivity index (χ1n) is 7.49. The van der Waals surface area contributed by atoms with Crippen LogP contribution in [0.25, 0.3) is 0 Å². The molecule has 23 heavy (non-hydrogen) atoms. The topological polar surface area (TPSA) is 55.8 Å². The Morgan fingerprint density at radius 2 is 2.39 bits per heavy atom. The Morgan fingerprint density at radius 3 is 3.04 bits per heavy atom. The number of amides is 1. The van der Waals surface area contributed by atoms with Crippen LogP contribution in [0.5, 0.6) is 11.5 Å². The van der Waals surface area contributed by atoms with E-state index in [4.69, 9.17) is 9.47 Å². The van der Waals surface area contributed by atoms with Gasteiger partial charge in [-0.25, -0.2) is 0 Å². The number of ketones is 1. The summed E-state index contributed by atoms with van der Waals surface area (Å²) in [7, 11) is 1.60. The summed E-state index contributed by atoms with van der Waals surface area (Å²) < 4.78 is 12.5. The highest BCUT2D eigenvalue weighted by Crippen LogP contribution is 2.50. The number of methoxy groups -OCH3 is 1. The fourth-order valence-electron chi connectivity index (χ4n) is 3.37. The number of hydrogen-bond acceptors (Lipinski definition) is 4. The van der Waals surface area contributed by atoms with Gasteiger partial charge < -0.3 is 14.4 Å². The largest absolute Gasteiger partial charge is 0.493 e. The van der Waals surface area contributed by atoms with Crippen molar-refractivity contribution < 1.29 is 19.1 Å². The number of hydrogen-bond donors (Lipinski definition) is 0. The van der Waals surface area contributed by atoms with Gasteiger partial charge in [-0.05, 0) is 24.1 Å². The van der Waals surface area contributed by atoms with Gasteiger partial charge in [-0.15, -0.1) is 0 Å². The van der Waals surface area contributed by atoms with Crippen LogP contribution >= 0.6 is 15.9 Å². The number of benzene rings is 1. The molecular weight excluding hydrogens is 362 g/mol. The van der Waals surface area contributed by atoms with Crippen molar-refractivity contribution in [3.8, 4) is 11.5 Å². The van der Waals surface area contributed by atoms with E-state index in [1.54, 1.807) is 12.0 Å². The summed E-state index contributed by atoms with van der Waals surface area (Å²) in [6, 6.07) is 1.89. The molecule has 3 rings (SSSR count). The fraction of sp³-hybridized carbons (Fsp3) is 0.412. The number of halogens is 1. The molecule has 0 aliphatic carbocycles. The van der Waals surface area contributed by atoms with Crippen LogP contribution in [0, 0.1) is 0 Å². The predicted octanol–water partition coefficient (Wildman–Crippen LogP) is 2.46. The van der Waals surface area contributed by atoms with Crippen molar-refractivity contribution in [3.05, 3.63) is 34.3 Å². The molecule has 122 valence electrons. The highest BCUT2D eigenvalue weighted by atomic mass is 79.9. The standard InChI is InChI=1S/C17H18BrNO4/c1-3-10(21)6-14-12-8-19(9-20)5-4-11-13(18)7-15(22-2)17(23-14)16(11)12/h3,7,9,12,14H,1,4-6,8H2,2H3. The molecule has 1 aromatic carbocycles. The summed E-state index contributed by atoms with van der Waals surface area (Å²) in [4.78, 5) is 24.9. The molecule has 0 spiro atoms. The van der Waals surface area contributed by atoms with Gasteiger partial charge in [0.25, 0.3) is 0 Å². The van der Waals surface area contributed by atoms with E-state index in [0.717, 1.165) is 28.4 Å². The third-order valence-electron chi connectivity index (χ3n) is 4.51. The second-order valence-corrected chi connectivity index (χ2v) is 6.62. The molecule has 1 aromatic rings. The van der Waals surface area contributed by atoms with Gasteiger partial charge in [0.1, 0.15) is 6.10 Å². The molecule has 2 atom stereocenters. The second kappa shape index (κ2) is 6.35. The van der Waals surface area contributed by atoms with Crippen LogP contribution in [0.2, 0.25) is 0 Å². The monoisotopic (exact) mass is 379 g/mol. The average Bonchev–Trinajstić information content (AvgIpc) is 2.78. The van der Waals surface area contributed by atoms with Gasteiger partial charge in [0, 0.05) is 35.5 Å². The Kier molecular flexibility index (Phi) is 4.43. The first kappa shape index (κ1) is 16.1. The molecule has 0 N–H and O–H groups in total. The summed E-state index contributed by atoms with van der Waals surface area (Å²) in [5.41, 5.74) is 2.19. The quantitative estimate of drug-likeness (QED) is 0.582. The van der Waals surface area contributed by atoms with Crippen molar-refractivity contribution in [3.63, 3.8) is 0 Å². The number of nitrogens with zero attached hydrogens (tertiary/aromatic N) is 1. The van der Waals surface area contributed by atoms with Crippen molar-refractivity contribution in [1.29, 1.82) is 0 Å². The molecule has 0 bridgehead atoms. The van der Waals surface area contributed by atoms with E-state index in [2.05, 4.69) is 22.5 Å². The molecule has 0 fully saturated rings. The van der Waals surface area contributed by atoms with Crippen LogP contribution in [0.1, 0.15) is 23.5 Å². The summed E-state index contributed by atoms with van der Waals surface area (Å²) >= 11 is 3.60. The van der Waals surface area contributed by atoms with Crippen LogP contribution in [0.3, 0.4) is 0 Å². The summed E-state index contributed by atoms with van der Waals surface area (Å²) in [6.07, 6.45) is 2.86. The lowest BCUT2D eigenvalue weighted by Crippen LogP contribution is -2.32. The average molecular weight is 380 g/mol. The molecule has 2 unspecified atom stereocenters. The van der Waals surface area contributed by atoms with Gasteiger partial charge in [0.2, 0.25) is 6.41 Å². The van der Waals surface area contributed by atoms with E-state index in [9.17, 15) is 9.59 Å². The number of allylic oxidation sites excluding steroid dienone is 1. The van der Waals surface area contributed by atoms with Gasteiger partial charge in [0.15, 0.2) is 17.3 Å². The third-order valence-corrected chi connectivity index (χ3v) is 5.22. The van der Waals surface area contributed by atoms with Gasteiger partial charge in [0.05, 0.1) is 7.11 Å². The lowest BCUT2D eigenvalue weighted by Gasteiger charge is -2.22. The molecule has 6 heteroatoms. The molecule has 5 nitrogen and oxygen atoms in total. The molecule has 1 amide bonds. The van der Waals surface area contributed by atoms with Crippen LogP contribution < -0.4 is 9.47 Å². The van der Waals surface area contributed by atoms with E-state index in [1.165, 1.54) is 6.08 Å². The van der Waals surface area contributed by atoms with Crippen LogP contribution in [-0.2, 0) is 16.0 Å². The fourth-order valence-corrected chi connectivity index (χ4v) is 3.99. The van der Waals surface area contributed by atoms with Crippen molar-refractivity contribution in [2.75, 3.05) is 20.2 Å². The normalized spacial score (nSPS) is 21.9. The number of ether oxygens (including phenoxy) is 2. The maximum Gasteiger partial charge on any atom is 0.209 e. The predicted molar refractivity (Wildman–Crippen MR) is 89.0 cm³/mol. The Morgan fingerprint density at radius 1 is 1.61 bits per heavy atom. The maximum absolute atomic E-state index is 11.8. The molecule has 0 radical (unpaired) electrons. The van der Waals surface area contributed by atoms with Crippen molar-refractivity contribution in [1.82, 2.24) is 4.90 Å². The molecule has 2 heterocycles. The minimum absolute atomic E-state index is 0.0389. The maximum atomic E-state index is 11.8. The zero-order valence-corrected chi connectivity index (χ0v) is 14.5. The lowest BCUT2D eigenvalue weighted by molar-refractivity contribution is -0.118. The van der Waals surface area contributed by atoms with E-state index >= 15 is 0 Å². The molecule has 0 saturated heterocycles. The zero-order chi connectivity index (χ0) is 16.6. The molecule has 2 aliphatic rings. The summed E-state index contributed by atoms with van der Waals surface area (Å²) in [6.45, 7) is 4.72. The van der Waals surface area contributed by atoms with E-state index in [-0.39, 0.29) is 24.2 Å². The van der Waals surface area contributed by atoms with Gasteiger partial charge in [-0.3, -0.25) is 9.59 Å². The number of carbonyl (C=O) groups is 2.